The van der Waals surface area contributed by atoms with Crippen LogP contribution in [0.25, 0.3) is 0 Å². The van der Waals surface area contributed by atoms with Gasteiger partial charge in [0.1, 0.15) is 5.78 Å². The second kappa shape index (κ2) is 5.33. The first-order valence-corrected chi connectivity index (χ1v) is 8.78. The number of carbonyl (C=O) groups is 1. The van der Waals surface area contributed by atoms with Crippen LogP contribution in [-0.4, -0.2) is 17.5 Å². The third-order valence-corrected chi connectivity index (χ3v) is 6.61. The van der Waals surface area contributed by atoms with Crippen LogP contribution in [0.15, 0.2) is 23.8 Å². The van der Waals surface area contributed by atoms with Gasteiger partial charge in [-0.25, -0.2) is 0 Å². The molecule has 0 radical (unpaired) electrons. The number of rotatable bonds is 1. The Morgan fingerprint density at radius 3 is 2.82 bits per heavy atom. The molecule has 0 bridgehead atoms. The lowest BCUT2D eigenvalue weighted by Crippen LogP contribution is -2.33. The molecule has 1 heterocycles. The van der Waals surface area contributed by atoms with Gasteiger partial charge in [0, 0.05) is 11.8 Å². The zero-order chi connectivity index (χ0) is 16.1. The van der Waals surface area contributed by atoms with Crippen LogP contribution in [0, 0.1) is 17.3 Å². The number of fused-ring (bicyclic) bond motifs is 2. The third kappa shape index (κ3) is 2.60. The van der Waals surface area contributed by atoms with Crippen molar-refractivity contribution in [3.63, 3.8) is 0 Å². The van der Waals surface area contributed by atoms with Crippen molar-refractivity contribution in [1.82, 2.24) is 0 Å². The number of carbonyl (C=O) groups excluding carboxylic acids is 1. The normalized spacial score (nSPS) is 47.7. The smallest absolute Gasteiger partial charge is 0.139 e. The topological polar surface area (TPSA) is 29.6 Å². The molecule has 0 unspecified atom stereocenters. The molecule has 2 nitrogen and oxygen atoms in total. The summed E-state index contributed by atoms with van der Waals surface area (Å²) in [5.41, 5.74) is 2.41. The van der Waals surface area contributed by atoms with Crippen LogP contribution in [0.3, 0.4) is 0 Å². The first-order valence-electron chi connectivity index (χ1n) is 8.78. The molecule has 122 valence electrons. The minimum absolute atomic E-state index is 0.00370. The van der Waals surface area contributed by atoms with Gasteiger partial charge < -0.3 is 4.74 Å². The van der Waals surface area contributed by atoms with Gasteiger partial charge in [0.2, 0.25) is 0 Å². The fraction of sp³-hybridized carbons (Fsp3) is 0.750. The fourth-order valence-electron chi connectivity index (χ4n) is 4.77. The van der Waals surface area contributed by atoms with Gasteiger partial charge >= 0.3 is 0 Å². The van der Waals surface area contributed by atoms with Gasteiger partial charge in [-0.2, -0.15) is 0 Å². The average molecular weight is 302 g/mol. The molecule has 2 fully saturated rings. The molecule has 22 heavy (non-hydrogen) atoms. The molecule has 3 aliphatic rings. The first-order chi connectivity index (χ1) is 10.3. The minimum atomic E-state index is -0.226. The van der Waals surface area contributed by atoms with E-state index in [9.17, 15) is 4.79 Å². The Balaban J connectivity index is 1.92. The number of hydrogen-bond donors (Lipinski definition) is 0. The predicted molar refractivity (Wildman–Crippen MR) is 89.6 cm³/mol. The zero-order valence-corrected chi connectivity index (χ0v) is 14.6. The molecular formula is C20H30O2. The van der Waals surface area contributed by atoms with E-state index in [-0.39, 0.29) is 17.1 Å². The maximum atomic E-state index is 12.8. The Hall–Kier alpha value is -0.890. The monoisotopic (exact) mass is 302 g/mol. The molecule has 5 atom stereocenters. The summed E-state index contributed by atoms with van der Waals surface area (Å²) in [6.45, 7) is 12.9. The van der Waals surface area contributed by atoms with E-state index in [1.165, 1.54) is 11.1 Å². The molecule has 1 saturated carbocycles. The Labute approximate surface area is 135 Å². The predicted octanol–water partition coefficient (Wildman–Crippen LogP) is 4.84. The van der Waals surface area contributed by atoms with Crippen LogP contribution < -0.4 is 0 Å². The molecule has 0 aromatic heterocycles. The Morgan fingerprint density at radius 1 is 1.41 bits per heavy atom. The molecule has 1 saturated heterocycles. The van der Waals surface area contributed by atoms with Crippen LogP contribution in [-0.2, 0) is 9.53 Å². The van der Waals surface area contributed by atoms with Crippen LogP contribution in [0.1, 0.15) is 66.2 Å². The van der Waals surface area contributed by atoms with Gasteiger partial charge in [0.15, 0.2) is 0 Å². The minimum Gasteiger partial charge on any atom is -0.366 e. The lowest BCUT2D eigenvalue weighted by molar-refractivity contribution is -0.127. The maximum Gasteiger partial charge on any atom is 0.139 e. The number of ketones is 1. The summed E-state index contributed by atoms with van der Waals surface area (Å²) < 4.78 is 6.03. The quantitative estimate of drug-likeness (QED) is 0.512. The third-order valence-electron chi connectivity index (χ3n) is 6.61. The standard InChI is InChI=1S/C20H30O2/c1-13(2)15-11-17(21)19(4)12-18-20(5,22-18)10-6-7-14(3)8-9-16(15)19/h7,15-16,18H,1,6,8-12H2,2-5H3/b14-7-/t15-,16-,18-,19+,20-/m1/s1. The molecule has 1 aliphatic heterocycles. The van der Waals surface area contributed by atoms with Crippen molar-refractivity contribution in [2.75, 3.05) is 0 Å². The molecule has 3 rings (SSSR count). The van der Waals surface area contributed by atoms with E-state index in [1.54, 1.807) is 0 Å². The zero-order valence-electron chi connectivity index (χ0n) is 14.6. The molecule has 2 heteroatoms. The van der Waals surface area contributed by atoms with Gasteiger partial charge in [-0.1, -0.05) is 30.7 Å². The van der Waals surface area contributed by atoms with Gasteiger partial charge in [-0.15, -0.1) is 0 Å². The van der Waals surface area contributed by atoms with E-state index >= 15 is 0 Å². The summed E-state index contributed by atoms with van der Waals surface area (Å²) in [5, 5.41) is 0. The van der Waals surface area contributed by atoms with E-state index in [0.717, 1.165) is 32.1 Å². The highest BCUT2D eigenvalue weighted by molar-refractivity contribution is 5.88. The van der Waals surface area contributed by atoms with Gasteiger partial charge in [-0.3, -0.25) is 4.79 Å². The lowest BCUT2D eigenvalue weighted by Gasteiger charge is -2.33. The highest BCUT2D eigenvalue weighted by Gasteiger charge is 2.59. The SMILES string of the molecule is C=C(C)[C@H]1CC(=O)[C@@]2(C)C[C@H]3O[C@]3(C)CC/C=C(/C)CC[C@H]12. The van der Waals surface area contributed by atoms with Crippen molar-refractivity contribution in [3.8, 4) is 0 Å². The second-order valence-electron chi connectivity index (χ2n) is 8.36. The summed E-state index contributed by atoms with van der Waals surface area (Å²) >= 11 is 0. The number of Topliss-reactive ketones (excluding diaryl/α,β-unsaturated/α-hetero) is 1. The van der Waals surface area contributed by atoms with Crippen molar-refractivity contribution < 1.29 is 9.53 Å². The largest absolute Gasteiger partial charge is 0.366 e. The highest BCUT2D eigenvalue weighted by Crippen LogP contribution is 2.56. The molecule has 0 aromatic rings. The van der Waals surface area contributed by atoms with Crippen molar-refractivity contribution in [2.45, 2.75) is 77.9 Å². The van der Waals surface area contributed by atoms with E-state index in [1.807, 2.05) is 0 Å². The summed E-state index contributed by atoms with van der Waals surface area (Å²) in [6, 6.07) is 0. The number of ether oxygens (including phenoxy) is 1. The molecule has 0 spiro atoms. The average Bonchev–Trinajstić information content (AvgIpc) is 2.97. The molecule has 0 amide bonds. The van der Waals surface area contributed by atoms with E-state index in [2.05, 4.69) is 40.3 Å². The Morgan fingerprint density at radius 2 is 2.14 bits per heavy atom. The van der Waals surface area contributed by atoms with E-state index < -0.39 is 0 Å². The number of epoxide rings is 1. The van der Waals surface area contributed by atoms with E-state index in [0.29, 0.717) is 24.0 Å². The van der Waals surface area contributed by atoms with E-state index in [4.69, 9.17) is 4.74 Å². The first kappa shape index (κ1) is 16.0. The van der Waals surface area contributed by atoms with Crippen molar-refractivity contribution in [3.05, 3.63) is 23.8 Å². The summed E-state index contributed by atoms with van der Waals surface area (Å²) in [5.74, 6) is 1.22. The number of hydrogen-bond acceptors (Lipinski definition) is 2. The molecule has 2 aliphatic carbocycles. The lowest BCUT2D eigenvalue weighted by atomic mass is 9.69. The van der Waals surface area contributed by atoms with Crippen LogP contribution >= 0.6 is 0 Å². The van der Waals surface area contributed by atoms with Crippen molar-refractivity contribution >= 4 is 5.78 Å². The van der Waals surface area contributed by atoms with Gasteiger partial charge in [0.25, 0.3) is 0 Å². The maximum absolute atomic E-state index is 12.8. The highest BCUT2D eigenvalue weighted by atomic mass is 16.6. The second-order valence-corrected chi connectivity index (χ2v) is 8.36. The van der Waals surface area contributed by atoms with Crippen molar-refractivity contribution in [1.29, 1.82) is 0 Å². The van der Waals surface area contributed by atoms with Crippen molar-refractivity contribution in [2.24, 2.45) is 17.3 Å². The Bertz CT molecular complexity index is 532. The van der Waals surface area contributed by atoms with Gasteiger partial charge in [-0.05, 0) is 64.7 Å². The van der Waals surface area contributed by atoms with Crippen LogP contribution in [0.5, 0.6) is 0 Å². The fourth-order valence-corrected chi connectivity index (χ4v) is 4.77. The molecule has 0 N–H and O–H groups in total. The van der Waals surface area contributed by atoms with Gasteiger partial charge in [0.05, 0.1) is 11.7 Å². The summed E-state index contributed by atoms with van der Waals surface area (Å²) in [6.07, 6.45) is 8.61. The molecular weight excluding hydrogens is 272 g/mol. The van der Waals surface area contributed by atoms with Crippen LogP contribution in [0.4, 0.5) is 0 Å². The Kier molecular flexibility index (Phi) is 3.87. The number of allylic oxidation sites excluding steroid dienone is 3. The van der Waals surface area contributed by atoms with Crippen LogP contribution in [0.2, 0.25) is 0 Å². The molecule has 0 aromatic carbocycles. The summed E-state index contributed by atoms with van der Waals surface area (Å²) in [4.78, 5) is 12.8. The summed E-state index contributed by atoms with van der Waals surface area (Å²) in [7, 11) is 0.